The molecule has 1 aromatic carbocycles. The molecule has 1 aliphatic heterocycles. The minimum absolute atomic E-state index is 0.699. The van der Waals surface area contributed by atoms with Gasteiger partial charge in [0.05, 0.1) is 6.54 Å². The largest absolute Gasteiger partial charge is 0.398 e. The monoisotopic (exact) mass is 216 g/mol. The molecule has 0 fully saturated rings. The lowest BCUT2D eigenvalue weighted by Gasteiger charge is -2.11. The Morgan fingerprint density at radius 2 is 2.31 bits per heavy atom. The van der Waals surface area contributed by atoms with Gasteiger partial charge in [-0.05, 0) is 17.2 Å². The molecule has 5 nitrogen and oxygen atoms in total. The SMILES string of the molecule is Nc1cccc2c1CN(Cc1ncon1)C2. The van der Waals surface area contributed by atoms with Gasteiger partial charge in [0.15, 0.2) is 5.82 Å². The molecule has 0 saturated carbocycles. The van der Waals surface area contributed by atoms with Crippen molar-refractivity contribution in [1.82, 2.24) is 15.0 Å². The summed E-state index contributed by atoms with van der Waals surface area (Å²) in [6.07, 6.45) is 1.35. The van der Waals surface area contributed by atoms with Crippen molar-refractivity contribution in [1.29, 1.82) is 0 Å². The number of nitrogens with two attached hydrogens (primary N) is 1. The molecule has 2 heterocycles. The predicted molar refractivity (Wildman–Crippen MR) is 58.1 cm³/mol. The lowest BCUT2D eigenvalue weighted by atomic mass is 10.1. The Bertz CT molecular complexity index is 495. The fraction of sp³-hybridized carbons (Fsp3) is 0.273. The quantitative estimate of drug-likeness (QED) is 0.763. The summed E-state index contributed by atoms with van der Waals surface area (Å²) >= 11 is 0. The zero-order valence-electron chi connectivity index (χ0n) is 8.76. The number of hydrogen-bond donors (Lipinski definition) is 1. The molecule has 3 rings (SSSR count). The maximum absolute atomic E-state index is 5.93. The third kappa shape index (κ3) is 1.55. The van der Waals surface area contributed by atoms with Gasteiger partial charge in [-0.15, -0.1) is 0 Å². The first-order valence-electron chi connectivity index (χ1n) is 5.17. The van der Waals surface area contributed by atoms with E-state index in [1.165, 1.54) is 17.5 Å². The first-order chi connectivity index (χ1) is 7.83. The van der Waals surface area contributed by atoms with E-state index >= 15 is 0 Å². The van der Waals surface area contributed by atoms with Gasteiger partial charge in [-0.25, -0.2) is 0 Å². The summed E-state index contributed by atoms with van der Waals surface area (Å²) < 4.78 is 4.71. The van der Waals surface area contributed by atoms with Crippen molar-refractivity contribution >= 4 is 5.69 Å². The highest BCUT2D eigenvalue weighted by Gasteiger charge is 2.21. The van der Waals surface area contributed by atoms with Crippen molar-refractivity contribution in [2.75, 3.05) is 5.73 Å². The Morgan fingerprint density at radius 1 is 1.38 bits per heavy atom. The average molecular weight is 216 g/mol. The normalized spacial score (nSPS) is 15.2. The predicted octanol–water partition coefficient (Wildman–Crippen LogP) is 1.17. The van der Waals surface area contributed by atoms with Gasteiger partial charge in [-0.3, -0.25) is 4.90 Å². The molecule has 0 bridgehead atoms. The molecule has 1 aliphatic rings. The molecular formula is C11H12N4O. The highest BCUT2D eigenvalue weighted by molar-refractivity contribution is 5.52. The van der Waals surface area contributed by atoms with Gasteiger partial charge in [-0.1, -0.05) is 17.3 Å². The molecular weight excluding hydrogens is 204 g/mol. The second-order valence-corrected chi connectivity index (χ2v) is 3.98. The second-order valence-electron chi connectivity index (χ2n) is 3.98. The van der Waals surface area contributed by atoms with Gasteiger partial charge in [0.1, 0.15) is 0 Å². The molecule has 0 radical (unpaired) electrons. The summed E-state index contributed by atoms with van der Waals surface area (Å²) in [6.45, 7) is 2.45. The molecule has 5 heteroatoms. The van der Waals surface area contributed by atoms with Gasteiger partial charge < -0.3 is 10.3 Å². The average Bonchev–Trinajstić information content (AvgIpc) is 2.88. The van der Waals surface area contributed by atoms with Crippen molar-refractivity contribution in [2.45, 2.75) is 19.6 Å². The van der Waals surface area contributed by atoms with E-state index in [0.29, 0.717) is 12.4 Å². The fourth-order valence-electron chi connectivity index (χ4n) is 2.09. The van der Waals surface area contributed by atoms with E-state index < -0.39 is 0 Å². The van der Waals surface area contributed by atoms with Crippen LogP contribution >= 0.6 is 0 Å². The molecule has 0 amide bonds. The van der Waals surface area contributed by atoms with Crippen LogP contribution < -0.4 is 5.73 Å². The Balaban J connectivity index is 1.78. The van der Waals surface area contributed by atoms with Crippen LogP contribution in [0.3, 0.4) is 0 Å². The van der Waals surface area contributed by atoms with Crippen LogP contribution in [-0.4, -0.2) is 15.0 Å². The fourth-order valence-corrected chi connectivity index (χ4v) is 2.09. The highest BCUT2D eigenvalue weighted by atomic mass is 16.5. The van der Waals surface area contributed by atoms with Crippen LogP contribution in [-0.2, 0) is 19.6 Å². The van der Waals surface area contributed by atoms with E-state index in [-0.39, 0.29) is 0 Å². The van der Waals surface area contributed by atoms with E-state index in [1.807, 2.05) is 12.1 Å². The molecule has 0 aliphatic carbocycles. The molecule has 2 aromatic rings. The van der Waals surface area contributed by atoms with E-state index in [2.05, 4.69) is 21.1 Å². The van der Waals surface area contributed by atoms with E-state index in [1.54, 1.807) is 0 Å². The van der Waals surface area contributed by atoms with Crippen molar-refractivity contribution in [2.24, 2.45) is 0 Å². The molecule has 0 saturated heterocycles. The van der Waals surface area contributed by atoms with Crippen LogP contribution in [0.2, 0.25) is 0 Å². The number of aromatic nitrogens is 2. The Kier molecular flexibility index (Phi) is 2.11. The van der Waals surface area contributed by atoms with E-state index in [0.717, 1.165) is 18.8 Å². The number of anilines is 1. The number of hydrogen-bond acceptors (Lipinski definition) is 5. The first kappa shape index (κ1) is 9.35. The second kappa shape index (κ2) is 3.61. The standard InChI is InChI=1S/C11H12N4O/c12-10-3-1-2-8-4-15(5-9(8)10)6-11-13-7-16-14-11/h1-3,7H,4-6,12H2. The van der Waals surface area contributed by atoms with Gasteiger partial charge in [0.2, 0.25) is 6.39 Å². The lowest BCUT2D eigenvalue weighted by molar-refractivity contribution is 0.263. The smallest absolute Gasteiger partial charge is 0.213 e. The van der Waals surface area contributed by atoms with Crippen LogP contribution in [0.25, 0.3) is 0 Å². The zero-order chi connectivity index (χ0) is 11.0. The molecule has 0 atom stereocenters. The van der Waals surface area contributed by atoms with Crippen LogP contribution in [0.4, 0.5) is 5.69 Å². The van der Waals surface area contributed by atoms with Crippen LogP contribution in [0.1, 0.15) is 17.0 Å². The Labute approximate surface area is 92.9 Å². The first-order valence-corrected chi connectivity index (χ1v) is 5.17. The summed E-state index contributed by atoms with van der Waals surface area (Å²) in [7, 11) is 0. The third-order valence-corrected chi connectivity index (χ3v) is 2.86. The topological polar surface area (TPSA) is 68.2 Å². The Hall–Kier alpha value is -1.88. The van der Waals surface area contributed by atoms with Crippen molar-refractivity contribution in [3.8, 4) is 0 Å². The van der Waals surface area contributed by atoms with E-state index in [9.17, 15) is 0 Å². The van der Waals surface area contributed by atoms with Gasteiger partial charge in [-0.2, -0.15) is 4.98 Å². The highest BCUT2D eigenvalue weighted by Crippen LogP contribution is 2.27. The minimum atomic E-state index is 0.699. The van der Waals surface area contributed by atoms with Crippen LogP contribution in [0, 0.1) is 0 Å². The summed E-state index contributed by atoms with van der Waals surface area (Å²) in [5.74, 6) is 0.714. The molecule has 16 heavy (non-hydrogen) atoms. The number of benzene rings is 1. The third-order valence-electron chi connectivity index (χ3n) is 2.86. The van der Waals surface area contributed by atoms with Crippen molar-refractivity contribution in [3.05, 3.63) is 41.5 Å². The molecule has 0 spiro atoms. The summed E-state index contributed by atoms with van der Waals surface area (Å²) in [6, 6.07) is 6.05. The molecule has 2 N–H and O–H groups in total. The van der Waals surface area contributed by atoms with Crippen LogP contribution in [0.15, 0.2) is 29.1 Å². The lowest BCUT2D eigenvalue weighted by Crippen LogP contribution is -2.16. The van der Waals surface area contributed by atoms with Gasteiger partial charge in [0, 0.05) is 18.8 Å². The van der Waals surface area contributed by atoms with Crippen LogP contribution in [0.5, 0.6) is 0 Å². The number of rotatable bonds is 2. The van der Waals surface area contributed by atoms with Crippen molar-refractivity contribution in [3.63, 3.8) is 0 Å². The zero-order valence-corrected chi connectivity index (χ0v) is 8.76. The van der Waals surface area contributed by atoms with Gasteiger partial charge >= 0.3 is 0 Å². The Morgan fingerprint density at radius 3 is 3.06 bits per heavy atom. The molecule has 1 aromatic heterocycles. The molecule has 0 unspecified atom stereocenters. The minimum Gasteiger partial charge on any atom is -0.398 e. The van der Waals surface area contributed by atoms with Gasteiger partial charge in [0.25, 0.3) is 0 Å². The van der Waals surface area contributed by atoms with Crippen molar-refractivity contribution < 1.29 is 4.52 Å². The summed E-state index contributed by atoms with van der Waals surface area (Å²) in [4.78, 5) is 6.26. The summed E-state index contributed by atoms with van der Waals surface area (Å²) in [5, 5.41) is 3.81. The number of nitrogens with zero attached hydrogens (tertiary/aromatic N) is 3. The maximum atomic E-state index is 5.93. The summed E-state index contributed by atoms with van der Waals surface area (Å²) in [5.41, 5.74) is 9.32. The maximum Gasteiger partial charge on any atom is 0.213 e. The number of fused-ring (bicyclic) bond motifs is 1. The van der Waals surface area contributed by atoms with E-state index in [4.69, 9.17) is 10.3 Å². The number of nitrogen functional groups attached to an aromatic ring is 1. The molecule has 82 valence electrons.